The van der Waals surface area contributed by atoms with Crippen LogP contribution in [0.4, 0.5) is 11.9 Å². The molecule has 0 saturated heterocycles. The van der Waals surface area contributed by atoms with E-state index in [1.165, 1.54) is 7.11 Å². The van der Waals surface area contributed by atoms with Gasteiger partial charge in [-0.1, -0.05) is 0 Å². The van der Waals surface area contributed by atoms with Crippen LogP contribution in [0.15, 0.2) is 0 Å². The second-order valence-electron chi connectivity index (χ2n) is 3.62. The first kappa shape index (κ1) is 14.9. The lowest BCUT2D eigenvalue weighted by Gasteiger charge is -2.13. The Labute approximate surface area is 111 Å². The third kappa shape index (κ3) is 4.57. The summed E-state index contributed by atoms with van der Waals surface area (Å²) in [6.07, 6.45) is 0. The van der Waals surface area contributed by atoms with Gasteiger partial charge in [0.05, 0.1) is 13.7 Å². The second-order valence-corrected chi connectivity index (χ2v) is 3.62. The molecule has 0 aliphatic rings. The molecule has 0 amide bonds. The molecule has 1 heterocycles. The molecule has 0 fully saturated rings. The minimum Gasteiger partial charge on any atom is -0.467 e. The first-order valence-corrected chi connectivity index (χ1v) is 6.07. The van der Waals surface area contributed by atoms with Crippen molar-refractivity contribution in [2.24, 2.45) is 0 Å². The highest BCUT2D eigenvalue weighted by atomic mass is 16.5. The summed E-state index contributed by atoms with van der Waals surface area (Å²) in [4.78, 5) is 23.6. The van der Waals surface area contributed by atoms with Crippen molar-refractivity contribution in [3.63, 3.8) is 0 Å². The summed E-state index contributed by atoms with van der Waals surface area (Å²) >= 11 is 0. The molecule has 8 heteroatoms. The van der Waals surface area contributed by atoms with Crippen molar-refractivity contribution < 1.29 is 14.3 Å². The third-order valence-electron chi connectivity index (χ3n) is 2.12. The Hall–Kier alpha value is -2.12. The minimum atomic E-state index is -0.559. The average molecular weight is 269 g/mol. The smallest absolute Gasteiger partial charge is 0.328 e. The van der Waals surface area contributed by atoms with E-state index in [0.717, 1.165) is 0 Å². The SMILES string of the molecule is CCNc1nc(NC(C)C(=O)OC)nc(OCC)n1. The Bertz CT molecular complexity index is 403. The van der Waals surface area contributed by atoms with Crippen LogP contribution >= 0.6 is 0 Å². The topological polar surface area (TPSA) is 98.3 Å². The summed E-state index contributed by atoms with van der Waals surface area (Å²) in [6, 6.07) is -0.357. The van der Waals surface area contributed by atoms with Gasteiger partial charge in [-0.3, -0.25) is 0 Å². The zero-order valence-corrected chi connectivity index (χ0v) is 11.6. The van der Waals surface area contributed by atoms with Gasteiger partial charge in [-0.2, -0.15) is 15.0 Å². The van der Waals surface area contributed by atoms with Crippen LogP contribution in [0.25, 0.3) is 0 Å². The Kier molecular flexibility index (Phi) is 5.77. The van der Waals surface area contributed by atoms with Gasteiger partial charge in [0.25, 0.3) is 0 Å². The number of aromatic nitrogens is 3. The molecule has 1 unspecified atom stereocenters. The van der Waals surface area contributed by atoms with Gasteiger partial charge in [-0.05, 0) is 20.8 Å². The standard InChI is InChI=1S/C11H19N5O3/c1-5-12-9-14-10(13-7(3)8(17)18-4)16-11(15-9)19-6-2/h7H,5-6H2,1-4H3,(H2,12,13,14,15,16). The van der Waals surface area contributed by atoms with Gasteiger partial charge >= 0.3 is 12.0 Å². The Morgan fingerprint density at radius 1 is 1.26 bits per heavy atom. The van der Waals surface area contributed by atoms with Crippen molar-refractivity contribution in [1.29, 1.82) is 0 Å². The lowest BCUT2D eigenvalue weighted by Crippen LogP contribution is -2.28. The van der Waals surface area contributed by atoms with Crippen LogP contribution in [0.1, 0.15) is 20.8 Å². The van der Waals surface area contributed by atoms with E-state index in [0.29, 0.717) is 19.1 Å². The van der Waals surface area contributed by atoms with Gasteiger partial charge in [0.15, 0.2) is 0 Å². The normalized spacial score (nSPS) is 11.6. The van der Waals surface area contributed by atoms with E-state index in [1.54, 1.807) is 6.92 Å². The van der Waals surface area contributed by atoms with Crippen LogP contribution in [0.5, 0.6) is 6.01 Å². The third-order valence-corrected chi connectivity index (χ3v) is 2.12. The number of anilines is 2. The fourth-order valence-electron chi connectivity index (χ4n) is 1.28. The Balaban J connectivity index is 2.88. The summed E-state index contributed by atoms with van der Waals surface area (Å²) in [5.41, 5.74) is 0. The molecule has 106 valence electrons. The number of nitrogens with zero attached hydrogens (tertiary/aromatic N) is 3. The summed E-state index contributed by atoms with van der Waals surface area (Å²) in [5, 5.41) is 5.80. The molecule has 0 radical (unpaired) electrons. The van der Waals surface area contributed by atoms with Crippen LogP contribution in [0.3, 0.4) is 0 Å². The molecule has 2 N–H and O–H groups in total. The molecular weight excluding hydrogens is 250 g/mol. The van der Waals surface area contributed by atoms with Crippen LogP contribution < -0.4 is 15.4 Å². The summed E-state index contributed by atoms with van der Waals surface area (Å²) in [7, 11) is 1.32. The molecule has 1 rings (SSSR count). The fraction of sp³-hybridized carbons (Fsp3) is 0.636. The van der Waals surface area contributed by atoms with E-state index >= 15 is 0 Å². The van der Waals surface area contributed by atoms with Crippen molar-refractivity contribution >= 4 is 17.9 Å². The predicted molar refractivity (Wildman–Crippen MR) is 70.3 cm³/mol. The first-order valence-electron chi connectivity index (χ1n) is 6.07. The maximum Gasteiger partial charge on any atom is 0.328 e. The van der Waals surface area contributed by atoms with Crippen LogP contribution in [0, 0.1) is 0 Å². The highest BCUT2D eigenvalue weighted by molar-refractivity contribution is 5.77. The van der Waals surface area contributed by atoms with E-state index in [-0.39, 0.29) is 12.0 Å². The Morgan fingerprint density at radius 3 is 2.53 bits per heavy atom. The number of ether oxygens (including phenoxy) is 2. The number of hydrogen-bond acceptors (Lipinski definition) is 8. The molecule has 1 aromatic heterocycles. The summed E-state index contributed by atoms with van der Waals surface area (Å²) in [6.45, 7) is 6.53. The van der Waals surface area contributed by atoms with E-state index < -0.39 is 12.0 Å². The number of hydrogen-bond donors (Lipinski definition) is 2. The van der Waals surface area contributed by atoms with Crippen LogP contribution in [0.2, 0.25) is 0 Å². The zero-order valence-electron chi connectivity index (χ0n) is 11.6. The molecule has 0 saturated carbocycles. The van der Waals surface area contributed by atoms with Crippen molar-refractivity contribution in [3.8, 4) is 6.01 Å². The highest BCUT2D eigenvalue weighted by Gasteiger charge is 2.15. The number of nitrogens with one attached hydrogen (secondary N) is 2. The molecule has 1 atom stereocenters. The molecule has 0 aliphatic heterocycles. The quantitative estimate of drug-likeness (QED) is 0.697. The molecule has 0 spiro atoms. The molecule has 0 aliphatic carbocycles. The van der Waals surface area contributed by atoms with Crippen molar-refractivity contribution in [2.45, 2.75) is 26.8 Å². The maximum absolute atomic E-state index is 11.3. The lowest BCUT2D eigenvalue weighted by molar-refractivity contribution is -0.141. The van der Waals surface area contributed by atoms with E-state index in [1.807, 2.05) is 13.8 Å². The number of carbonyl (C=O) groups excluding carboxylic acids is 1. The highest BCUT2D eigenvalue weighted by Crippen LogP contribution is 2.12. The van der Waals surface area contributed by atoms with Crippen LogP contribution in [-0.4, -0.2) is 47.2 Å². The van der Waals surface area contributed by atoms with Crippen molar-refractivity contribution in [1.82, 2.24) is 15.0 Å². The van der Waals surface area contributed by atoms with Crippen LogP contribution in [-0.2, 0) is 9.53 Å². The molecule has 0 bridgehead atoms. The molecule has 1 aromatic rings. The van der Waals surface area contributed by atoms with Gasteiger partial charge in [-0.25, -0.2) is 4.79 Å². The number of rotatable bonds is 7. The average Bonchev–Trinajstić information content (AvgIpc) is 2.38. The van der Waals surface area contributed by atoms with E-state index in [9.17, 15) is 4.79 Å². The molecular formula is C11H19N5O3. The Morgan fingerprint density at radius 2 is 1.95 bits per heavy atom. The van der Waals surface area contributed by atoms with Crippen molar-refractivity contribution in [3.05, 3.63) is 0 Å². The van der Waals surface area contributed by atoms with Gasteiger partial charge < -0.3 is 20.1 Å². The molecule has 19 heavy (non-hydrogen) atoms. The maximum atomic E-state index is 11.3. The monoisotopic (exact) mass is 269 g/mol. The summed E-state index contributed by atoms with van der Waals surface area (Å²) in [5.74, 6) is 0.246. The van der Waals surface area contributed by atoms with Gasteiger partial charge in [0.2, 0.25) is 11.9 Å². The number of carbonyl (C=O) groups is 1. The van der Waals surface area contributed by atoms with E-state index in [2.05, 4.69) is 30.3 Å². The minimum absolute atomic E-state index is 0.202. The van der Waals surface area contributed by atoms with E-state index in [4.69, 9.17) is 4.74 Å². The van der Waals surface area contributed by atoms with Gasteiger partial charge in [0, 0.05) is 6.54 Å². The van der Waals surface area contributed by atoms with Crippen molar-refractivity contribution in [2.75, 3.05) is 30.9 Å². The first-order chi connectivity index (χ1) is 9.10. The number of esters is 1. The zero-order chi connectivity index (χ0) is 14.3. The lowest BCUT2D eigenvalue weighted by atomic mass is 10.3. The van der Waals surface area contributed by atoms with Gasteiger partial charge in [0.1, 0.15) is 6.04 Å². The molecule has 0 aromatic carbocycles. The molecule has 8 nitrogen and oxygen atoms in total. The number of methoxy groups -OCH3 is 1. The summed E-state index contributed by atoms with van der Waals surface area (Å²) < 4.78 is 9.86. The largest absolute Gasteiger partial charge is 0.467 e. The fourth-order valence-corrected chi connectivity index (χ4v) is 1.28. The second kappa shape index (κ2) is 7.34. The van der Waals surface area contributed by atoms with Gasteiger partial charge in [-0.15, -0.1) is 0 Å². The predicted octanol–water partition coefficient (Wildman–Crippen LogP) is 0.675.